The monoisotopic (exact) mass is 432 g/mol. The number of anilines is 1. The Morgan fingerprint density at radius 1 is 1.07 bits per heavy atom. The molecule has 0 aromatic heterocycles. The van der Waals surface area contributed by atoms with Crippen LogP contribution in [0.25, 0.3) is 0 Å². The van der Waals surface area contributed by atoms with E-state index in [1.165, 1.54) is 17.8 Å². The van der Waals surface area contributed by atoms with Gasteiger partial charge in [0.25, 0.3) is 10.0 Å². The van der Waals surface area contributed by atoms with Crippen molar-refractivity contribution in [3.05, 3.63) is 54.6 Å². The van der Waals surface area contributed by atoms with Gasteiger partial charge >= 0.3 is 0 Å². The summed E-state index contributed by atoms with van der Waals surface area (Å²) < 4.78 is 33.7. The maximum absolute atomic E-state index is 13.5. The van der Waals surface area contributed by atoms with Gasteiger partial charge in [0.15, 0.2) is 0 Å². The van der Waals surface area contributed by atoms with Crippen LogP contribution in [0.15, 0.2) is 59.5 Å². The molecule has 3 atom stereocenters. The second-order valence-electron chi connectivity index (χ2n) is 8.00. The van der Waals surface area contributed by atoms with Crippen molar-refractivity contribution >= 4 is 15.7 Å². The van der Waals surface area contributed by atoms with E-state index in [-0.39, 0.29) is 11.4 Å². The first kappa shape index (κ1) is 22.6. The lowest BCUT2D eigenvalue weighted by molar-refractivity contribution is 0.0455. The van der Waals surface area contributed by atoms with Gasteiger partial charge in [-0.25, -0.2) is 8.42 Å². The number of ether oxygens (including phenoxy) is 1. The van der Waals surface area contributed by atoms with Crippen LogP contribution in [-0.4, -0.2) is 56.8 Å². The Hall–Kier alpha value is -2.09. The third kappa shape index (κ3) is 4.96. The van der Waals surface area contributed by atoms with Crippen LogP contribution in [0.4, 0.5) is 5.69 Å². The number of benzene rings is 2. The Morgan fingerprint density at radius 2 is 1.67 bits per heavy atom. The summed E-state index contributed by atoms with van der Waals surface area (Å²) in [6, 6.07) is 16.0. The number of piperidine rings is 1. The third-order valence-corrected chi connectivity index (χ3v) is 7.65. The average molecular weight is 433 g/mol. The number of aliphatic hydroxyl groups is 1. The molecule has 0 aliphatic carbocycles. The lowest BCUT2D eigenvalue weighted by Gasteiger charge is -2.40. The molecule has 1 heterocycles. The average Bonchev–Trinajstić information content (AvgIpc) is 2.75. The van der Waals surface area contributed by atoms with Crippen molar-refractivity contribution in [2.24, 2.45) is 0 Å². The number of β-amino-alcohol motifs (C(OH)–C–C–N with tert-alkyl or cyclic N) is 1. The first-order valence-corrected chi connectivity index (χ1v) is 11.9. The van der Waals surface area contributed by atoms with Crippen molar-refractivity contribution in [1.82, 2.24) is 4.90 Å². The van der Waals surface area contributed by atoms with Gasteiger partial charge in [0.1, 0.15) is 5.75 Å². The fourth-order valence-electron chi connectivity index (χ4n) is 4.21. The van der Waals surface area contributed by atoms with Crippen LogP contribution in [0.2, 0.25) is 0 Å². The first-order chi connectivity index (χ1) is 14.3. The highest BCUT2D eigenvalue weighted by Gasteiger charge is 2.32. The predicted octanol–water partition coefficient (Wildman–Crippen LogP) is 3.51. The first-order valence-electron chi connectivity index (χ1n) is 10.5. The molecular weight excluding hydrogens is 400 g/mol. The zero-order valence-corrected chi connectivity index (χ0v) is 18.8. The van der Waals surface area contributed by atoms with Crippen LogP contribution in [-0.2, 0) is 10.0 Å². The number of para-hydroxylation sites is 2. The molecule has 0 saturated carbocycles. The smallest absolute Gasteiger partial charge is 0.264 e. The topological polar surface area (TPSA) is 70.1 Å². The second-order valence-corrected chi connectivity index (χ2v) is 9.86. The van der Waals surface area contributed by atoms with E-state index in [4.69, 9.17) is 4.74 Å². The highest BCUT2D eigenvalue weighted by molar-refractivity contribution is 7.92. The Balaban J connectivity index is 1.92. The van der Waals surface area contributed by atoms with Gasteiger partial charge in [-0.1, -0.05) is 36.8 Å². The van der Waals surface area contributed by atoms with Gasteiger partial charge in [-0.15, -0.1) is 0 Å². The molecule has 6 nitrogen and oxygen atoms in total. The van der Waals surface area contributed by atoms with Crippen molar-refractivity contribution in [3.8, 4) is 5.75 Å². The summed E-state index contributed by atoms with van der Waals surface area (Å²) >= 11 is 0. The van der Waals surface area contributed by atoms with Gasteiger partial charge in [0.05, 0.1) is 30.3 Å². The van der Waals surface area contributed by atoms with Gasteiger partial charge in [0.2, 0.25) is 0 Å². The van der Waals surface area contributed by atoms with Crippen molar-refractivity contribution in [1.29, 1.82) is 0 Å². The minimum Gasteiger partial charge on any atom is -0.495 e. The minimum absolute atomic E-state index is 0.0481. The third-order valence-electron chi connectivity index (χ3n) is 5.86. The summed E-state index contributed by atoms with van der Waals surface area (Å²) in [6.07, 6.45) is 2.53. The molecule has 1 fully saturated rings. The quantitative estimate of drug-likeness (QED) is 0.691. The van der Waals surface area contributed by atoms with Gasteiger partial charge in [-0.2, -0.15) is 0 Å². The van der Waals surface area contributed by atoms with Crippen LogP contribution in [0.5, 0.6) is 5.75 Å². The van der Waals surface area contributed by atoms with Crippen molar-refractivity contribution in [3.63, 3.8) is 0 Å². The van der Waals surface area contributed by atoms with E-state index in [1.54, 1.807) is 54.6 Å². The molecule has 2 aromatic rings. The maximum Gasteiger partial charge on any atom is 0.264 e. The molecule has 1 N–H and O–H groups in total. The summed E-state index contributed by atoms with van der Waals surface area (Å²) in [5.41, 5.74) is 0.419. The highest BCUT2D eigenvalue weighted by atomic mass is 32.2. The summed E-state index contributed by atoms with van der Waals surface area (Å²) in [6.45, 7) is 4.72. The number of hydrogen-bond donors (Lipinski definition) is 1. The van der Waals surface area contributed by atoms with E-state index in [2.05, 4.69) is 18.7 Å². The summed E-state index contributed by atoms with van der Waals surface area (Å²) in [4.78, 5) is 2.46. The van der Waals surface area contributed by atoms with E-state index in [1.807, 2.05) is 0 Å². The Bertz CT molecular complexity index is 910. The molecule has 0 amide bonds. The molecule has 7 heteroatoms. The van der Waals surface area contributed by atoms with Crippen LogP contribution >= 0.6 is 0 Å². The van der Waals surface area contributed by atoms with Crippen LogP contribution < -0.4 is 9.04 Å². The SMILES string of the molecule is COc1ccccc1N(C[C@@H](O)CN1[C@@H](C)CCC[C@@H]1C)S(=O)(=O)c1ccccc1. The normalized spacial score (nSPS) is 21.2. The number of likely N-dealkylation sites (tertiary alicyclic amines) is 1. The van der Waals surface area contributed by atoms with Crippen molar-refractivity contribution in [2.45, 2.75) is 56.2 Å². The number of methoxy groups -OCH3 is 1. The van der Waals surface area contributed by atoms with Gasteiger partial charge in [-0.05, 0) is 51.0 Å². The summed E-state index contributed by atoms with van der Waals surface area (Å²) in [7, 11) is -2.36. The summed E-state index contributed by atoms with van der Waals surface area (Å²) in [5.74, 6) is 0.448. The number of nitrogens with zero attached hydrogens (tertiary/aromatic N) is 2. The molecule has 3 rings (SSSR count). The molecule has 0 unspecified atom stereocenters. The number of rotatable bonds is 8. The molecule has 1 aliphatic heterocycles. The second kappa shape index (κ2) is 9.81. The number of sulfonamides is 1. The number of aliphatic hydroxyl groups excluding tert-OH is 1. The Labute approximate surface area is 180 Å². The standard InChI is InChI=1S/C23H32N2O4S/c1-18-10-9-11-19(2)24(18)16-20(26)17-25(22-14-7-8-15-23(22)29-3)30(27,28)21-12-5-4-6-13-21/h4-8,12-15,18-20,26H,9-11,16-17H2,1-3H3/t18-,19-,20-/m0/s1. The maximum atomic E-state index is 13.5. The van der Waals surface area contributed by atoms with Gasteiger partial charge in [-0.3, -0.25) is 9.21 Å². The van der Waals surface area contributed by atoms with E-state index in [0.29, 0.717) is 30.1 Å². The largest absolute Gasteiger partial charge is 0.495 e. The molecular formula is C23H32N2O4S. The summed E-state index contributed by atoms with van der Waals surface area (Å²) in [5, 5.41) is 11.0. The molecule has 1 aliphatic rings. The highest BCUT2D eigenvalue weighted by Crippen LogP contribution is 2.32. The lowest BCUT2D eigenvalue weighted by Crippen LogP contribution is -2.50. The molecule has 0 bridgehead atoms. The Kier molecular flexibility index (Phi) is 7.39. The minimum atomic E-state index is -3.87. The van der Waals surface area contributed by atoms with Gasteiger partial charge < -0.3 is 9.84 Å². The molecule has 2 aromatic carbocycles. The van der Waals surface area contributed by atoms with Crippen LogP contribution in [0.1, 0.15) is 33.1 Å². The fraction of sp³-hybridized carbons (Fsp3) is 0.478. The zero-order chi connectivity index (χ0) is 21.7. The van der Waals surface area contributed by atoms with Crippen LogP contribution in [0, 0.1) is 0 Å². The molecule has 0 radical (unpaired) electrons. The fourth-order valence-corrected chi connectivity index (χ4v) is 5.74. The Morgan fingerprint density at radius 3 is 2.30 bits per heavy atom. The van der Waals surface area contributed by atoms with Crippen molar-refractivity contribution < 1.29 is 18.3 Å². The van der Waals surface area contributed by atoms with E-state index >= 15 is 0 Å². The number of hydrogen-bond acceptors (Lipinski definition) is 5. The van der Waals surface area contributed by atoms with E-state index in [0.717, 1.165) is 12.8 Å². The van der Waals surface area contributed by atoms with Crippen molar-refractivity contribution in [2.75, 3.05) is 24.5 Å². The van der Waals surface area contributed by atoms with Gasteiger partial charge in [0, 0.05) is 18.6 Å². The van der Waals surface area contributed by atoms with E-state index < -0.39 is 16.1 Å². The molecule has 0 spiro atoms. The van der Waals surface area contributed by atoms with E-state index in [9.17, 15) is 13.5 Å². The van der Waals surface area contributed by atoms with Crippen LogP contribution in [0.3, 0.4) is 0 Å². The molecule has 30 heavy (non-hydrogen) atoms. The lowest BCUT2D eigenvalue weighted by atomic mass is 9.97. The molecule has 164 valence electrons. The zero-order valence-electron chi connectivity index (χ0n) is 17.9. The predicted molar refractivity (Wildman–Crippen MR) is 119 cm³/mol. The molecule has 1 saturated heterocycles.